The van der Waals surface area contributed by atoms with Gasteiger partial charge in [0, 0.05) is 43.9 Å². The van der Waals surface area contributed by atoms with E-state index >= 15 is 0 Å². The zero-order valence-corrected chi connectivity index (χ0v) is 17.7. The van der Waals surface area contributed by atoms with Crippen LogP contribution in [-0.2, 0) is 14.3 Å². The fraction of sp³-hybridized carbons (Fsp3) is 0.455. The van der Waals surface area contributed by atoms with Crippen LogP contribution in [0, 0.1) is 0 Å². The quantitative estimate of drug-likeness (QED) is 0.604. The van der Waals surface area contributed by atoms with E-state index in [9.17, 15) is 9.59 Å². The van der Waals surface area contributed by atoms with Crippen LogP contribution in [0.2, 0.25) is 0 Å². The van der Waals surface area contributed by atoms with Crippen LogP contribution in [0.3, 0.4) is 0 Å². The van der Waals surface area contributed by atoms with Gasteiger partial charge in [0.2, 0.25) is 5.91 Å². The summed E-state index contributed by atoms with van der Waals surface area (Å²) in [5, 5.41) is 5.03. The van der Waals surface area contributed by atoms with Crippen molar-refractivity contribution in [1.29, 1.82) is 0 Å². The molecule has 1 aliphatic rings. The van der Waals surface area contributed by atoms with Crippen molar-refractivity contribution in [2.24, 2.45) is 0 Å². The topological polar surface area (TPSA) is 67.9 Å². The van der Waals surface area contributed by atoms with Crippen LogP contribution in [0.15, 0.2) is 41.8 Å². The number of hydrogen-bond acceptors (Lipinski definition) is 5. The summed E-state index contributed by atoms with van der Waals surface area (Å²) in [6.07, 6.45) is 0.754. The van der Waals surface area contributed by atoms with Gasteiger partial charge in [0.1, 0.15) is 0 Å². The molecule has 1 N–H and O–H groups in total. The van der Waals surface area contributed by atoms with Crippen molar-refractivity contribution in [3.05, 3.63) is 57.8 Å². The average molecular weight is 417 g/mol. The fourth-order valence-electron chi connectivity index (χ4n) is 3.73. The molecule has 0 radical (unpaired) electrons. The van der Waals surface area contributed by atoms with Gasteiger partial charge in [0.25, 0.3) is 5.91 Å². The van der Waals surface area contributed by atoms with Gasteiger partial charge in [-0.1, -0.05) is 24.3 Å². The van der Waals surface area contributed by atoms with Gasteiger partial charge in [-0.3, -0.25) is 9.59 Å². The Balaban J connectivity index is 1.93. The SMILES string of the molecule is CCOCCCNC(=O)C1c2ccccc2C(=O)N(CCOC)C1c1cccs1. The van der Waals surface area contributed by atoms with E-state index in [0.717, 1.165) is 16.9 Å². The fourth-order valence-corrected chi connectivity index (χ4v) is 4.60. The van der Waals surface area contributed by atoms with Crippen LogP contribution in [0.1, 0.15) is 46.1 Å². The van der Waals surface area contributed by atoms with E-state index in [1.807, 2.05) is 42.6 Å². The molecule has 0 spiro atoms. The van der Waals surface area contributed by atoms with E-state index in [4.69, 9.17) is 9.47 Å². The molecule has 156 valence electrons. The molecule has 0 fully saturated rings. The highest BCUT2D eigenvalue weighted by Crippen LogP contribution is 2.44. The summed E-state index contributed by atoms with van der Waals surface area (Å²) in [5.41, 5.74) is 1.37. The predicted octanol–water partition coefficient (Wildman–Crippen LogP) is 3.22. The maximum absolute atomic E-state index is 13.3. The zero-order chi connectivity index (χ0) is 20.6. The number of nitrogens with one attached hydrogen (secondary N) is 1. The number of carbonyl (C=O) groups is 2. The first-order valence-electron chi connectivity index (χ1n) is 9.96. The van der Waals surface area contributed by atoms with Crippen LogP contribution in [0.25, 0.3) is 0 Å². The number of amides is 2. The Bertz CT molecular complexity index is 809. The minimum atomic E-state index is -0.466. The van der Waals surface area contributed by atoms with Crippen molar-refractivity contribution in [2.45, 2.75) is 25.3 Å². The number of carbonyl (C=O) groups excluding carboxylic acids is 2. The third-order valence-corrected chi connectivity index (χ3v) is 6.00. The molecule has 2 heterocycles. The molecular weight excluding hydrogens is 388 g/mol. The van der Waals surface area contributed by atoms with Crippen molar-refractivity contribution in [3.8, 4) is 0 Å². The number of rotatable bonds is 10. The Labute approximate surface area is 175 Å². The van der Waals surface area contributed by atoms with Crippen LogP contribution in [0.5, 0.6) is 0 Å². The Morgan fingerprint density at radius 3 is 2.76 bits per heavy atom. The second-order valence-electron chi connectivity index (χ2n) is 6.86. The minimum absolute atomic E-state index is 0.0588. The third kappa shape index (κ3) is 4.86. The van der Waals surface area contributed by atoms with Crippen LogP contribution >= 0.6 is 11.3 Å². The molecule has 0 bridgehead atoms. The van der Waals surface area contributed by atoms with E-state index in [0.29, 0.717) is 38.5 Å². The first-order valence-corrected chi connectivity index (χ1v) is 10.8. The monoisotopic (exact) mass is 416 g/mol. The van der Waals surface area contributed by atoms with Crippen LogP contribution < -0.4 is 5.32 Å². The summed E-state index contributed by atoms with van der Waals surface area (Å²) in [6, 6.07) is 11.0. The molecule has 29 heavy (non-hydrogen) atoms. The molecule has 6 nitrogen and oxygen atoms in total. The maximum atomic E-state index is 13.3. The van der Waals surface area contributed by atoms with Gasteiger partial charge in [-0.15, -0.1) is 11.3 Å². The van der Waals surface area contributed by atoms with Gasteiger partial charge in [0.15, 0.2) is 0 Å². The molecule has 1 aromatic heterocycles. The lowest BCUT2D eigenvalue weighted by Gasteiger charge is -2.41. The summed E-state index contributed by atoms with van der Waals surface area (Å²) in [6.45, 7) is 4.63. The van der Waals surface area contributed by atoms with Gasteiger partial charge in [-0.2, -0.15) is 0 Å². The highest BCUT2D eigenvalue weighted by atomic mass is 32.1. The molecule has 2 unspecified atom stereocenters. The molecule has 1 aliphatic heterocycles. The molecule has 2 atom stereocenters. The number of benzene rings is 1. The van der Waals surface area contributed by atoms with Gasteiger partial charge >= 0.3 is 0 Å². The van der Waals surface area contributed by atoms with Crippen molar-refractivity contribution < 1.29 is 19.1 Å². The highest BCUT2D eigenvalue weighted by molar-refractivity contribution is 7.10. The first-order chi connectivity index (χ1) is 14.2. The number of ether oxygens (including phenoxy) is 2. The lowest BCUT2D eigenvalue weighted by atomic mass is 9.81. The molecule has 2 amide bonds. The van der Waals surface area contributed by atoms with Gasteiger partial charge in [0.05, 0.1) is 18.6 Å². The average Bonchev–Trinajstić information content (AvgIpc) is 3.27. The van der Waals surface area contributed by atoms with E-state index < -0.39 is 5.92 Å². The van der Waals surface area contributed by atoms with Crippen molar-refractivity contribution in [1.82, 2.24) is 10.2 Å². The summed E-state index contributed by atoms with van der Waals surface area (Å²) in [4.78, 5) is 29.3. The predicted molar refractivity (Wildman–Crippen MR) is 113 cm³/mol. The smallest absolute Gasteiger partial charge is 0.254 e. The Morgan fingerprint density at radius 2 is 2.03 bits per heavy atom. The molecule has 0 saturated heterocycles. The molecule has 0 saturated carbocycles. The lowest BCUT2D eigenvalue weighted by molar-refractivity contribution is -0.124. The van der Waals surface area contributed by atoms with Gasteiger partial charge in [-0.05, 0) is 36.4 Å². The second-order valence-corrected chi connectivity index (χ2v) is 7.84. The van der Waals surface area contributed by atoms with Crippen molar-refractivity contribution in [2.75, 3.05) is 40.0 Å². The molecular formula is C22H28N2O4S. The second kappa shape index (κ2) is 10.5. The molecule has 1 aromatic carbocycles. The van der Waals surface area contributed by atoms with E-state index in [1.54, 1.807) is 29.4 Å². The third-order valence-electron chi connectivity index (χ3n) is 5.06. The normalized spacial score (nSPS) is 18.6. The lowest BCUT2D eigenvalue weighted by Crippen LogP contribution is -2.48. The minimum Gasteiger partial charge on any atom is -0.383 e. The summed E-state index contributed by atoms with van der Waals surface area (Å²) >= 11 is 1.56. The van der Waals surface area contributed by atoms with Gasteiger partial charge < -0.3 is 19.7 Å². The number of thiophene rings is 1. The van der Waals surface area contributed by atoms with Gasteiger partial charge in [-0.25, -0.2) is 0 Å². The molecule has 7 heteroatoms. The number of methoxy groups -OCH3 is 1. The van der Waals surface area contributed by atoms with Crippen molar-refractivity contribution in [3.63, 3.8) is 0 Å². The summed E-state index contributed by atoms with van der Waals surface area (Å²) in [5.74, 6) is -0.592. The number of hydrogen-bond donors (Lipinski definition) is 1. The standard InChI is InChI=1S/C22H28N2O4S/c1-3-28-13-7-11-23-21(25)19-16-8-4-5-9-17(16)22(26)24(12-14-27-2)20(19)18-10-6-15-29-18/h4-6,8-10,15,19-20H,3,7,11-14H2,1-2H3,(H,23,25). The van der Waals surface area contributed by atoms with Crippen LogP contribution in [0.4, 0.5) is 0 Å². The molecule has 0 aliphatic carbocycles. The van der Waals surface area contributed by atoms with E-state index in [-0.39, 0.29) is 17.9 Å². The molecule has 3 rings (SSSR count). The highest BCUT2D eigenvalue weighted by Gasteiger charge is 2.44. The Kier molecular flexibility index (Phi) is 7.80. The first kappa shape index (κ1) is 21.5. The number of fused-ring (bicyclic) bond motifs is 1. The summed E-state index contributed by atoms with van der Waals surface area (Å²) < 4.78 is 10.6. The largest absolute Gasteiger partial charge is 0.383 e. The Morgan fingerprint density at radius 1 is 1.21 bits per heavy atom. The van der Waals surface area contributed by atoms with E-state index in [1.165, 1.54) is 0 Å². The molecule has 2 aromatic rings. The maximum Gasteiger partial charge on any atom is 0.254 e. The summed E-state index contributed by atoms with van der Waals surface area (Å²) in [7, 11) is 1.62. The van der Waals surface area contributed by atoms with E-state index in [2.05, 4.69) is 5.32 Å². The number of nitrogens with zero attached hydrogens (tertiary/aromatic N) is 1. The zero-order valence-electron chi connectivity index (χ0n) is 16.9. The Hall–Kier alpha value is -2.22. The van der Waals surface area contributed by atoms with Crippen LogP contribution in [-0.4, -0.2) is 56.7 Å². The van der Waals surface area contributed by atoms with Crippen molar-refractivity contribution >= 4 is 23.2 Å².